The molecule has 3 aliphatic heterocycles. The summed E-state index contributed by atoms with van der Waals surface area (Å²) in [6, 6.07) is 0. The van der Waals surface area contributed by atoms with Crippen LogP contribution in [0.25, 0.3) is 0 Å². The minimum atomic E-state index is -1.62. The van der Waals surface area contributed by atoms with Crippen molar-refractivity contribution < 1.29 is 63.2 Å². The Hall–Kier alpha value is -1.68. The average Bonchev–Trinajstić information content (AvgIpc) is 3.44. The van der Waals surface area contributed by atoms with Gasteiger partial charge in [0.1, 0.15) is 42.9 Å². The van der Waals surface area contributed by atoms with Gasteiger partial charge in [-0.3, -0.25) is 9.59 Å². The molecule has 6 rings (SSSR count). The quantitative estimate of drug-likeness (QED) is 0.305. The summed E-state index contributed by atoms with van der Waals surface area (Å²) in [5.41, 5.74) is -2.89. The molecule has 16 atom stereocenters. The van der Waals surface area contributed by atoms with Crippen LogP contribution in [-0.2, 0) is 42.7 Å². The Morgan fingerprint density at radius 1 is 1.07 bits per heavy atom. The zero-order chi connectivity index (χ0) is 31.2. The summed E-state index contributed by atoms with van der Waals surface area (Å²) in [5, 5.41) is 41.0. The molecular weight excluding hydrogens is 568 g/mol. The molecule has 3 aliphatic carbocycles. The van der Waals surface area contributed by atoms with Gasteiger partial charge in [-0.05, 0) is 31.3 Å². The van der Waals surface area contributed by atoms with Gasteiger partial charge in [0.05, 0.1) is 25.9 Å². The Morgan fingerprint density at radius 2 is 1.79 bits per heavy atom. The van der Waals surface area contributed by atoms with E-state index in [0.29, 0.717) is 12.2 Å². The van der Waals surface area contributed by atoms with Gasteiger partial charge in [-0.15, -0.1) is 0 Å². The van der Waals surface area contributed by atoms with E-state index in [0.717, 1.165) is 0 Å². The number of ether oxygens (including phenoxy) is 7. The molecule has 5 fully saturated rings. The molecular formula is C30H44O13. The molecule has 3 saturated heterocycles. The number of carbonyl (C=O) groups is 2. The average molecular weight is 613 g/mol. The van der Waals surface area contributed by atoms with Gasteiger partial charge in [0.25, 0.3) is 0 Å². The summed E-state index contributed by atoms with van der Waals surface area (Å²) >= 11 is 0. The lowest BCUT2D eigenvalue weighted by Crippen LogP contribution is -2.78. The van der Waals surface area contributed by atoms with Crippen molar-refractivity contribution in [1.82, 2.24) is 0 Å². The fourth-order valence-corrected chi connectivity index (χ4v) is 9.80. The zero-order valence-corrected chi connectivity index (χ0v) is 25.4. The largest absolute Gasteiger partial charge is 0.493 e. The Bertz CT molecular complexity index is 1160. The molecule has 0 aromatic carbocycles. The number of esters is 1. The third-order valence-corrected chi connectivity index (χ3v) is 11.6. The van der Waals surface area contributed by atoms with Crippen LogP contribution in [0.5, 0.6) is 0 Å². The first kappa shape index (κ1) is 31.3. The van der Waals surface area contributed by atoms with Gasteiger partial charge >= 0.3 is 5.97 Å². The minimum absolute atomic E-state index is 0.0285. The first-order valence-electron chi connectivity index (χ1n) is 15.1. The fraction of sp³-hybridized carbons (Fsp3) is 0.867. The highest BCUT2D eigenvalue weighted by Crippen LogP contribution is 2.71. The van der Waals surface area contributed by atoms with Crippen LogP contribution >= 0.6 is 0 Å². The molecule has 242 valence electrons. The molecule has 4 N–H and O–H groups in total. The van der Waals surface area contributed by atoms with E-state index < -0.39 is 96.2 Å². The molecule has 0 bridgehead atoms. The van der Waals surface area contributed by atoms with E-state index in [-0.39, 0.29) is 30.8 Å². The van der Waals surface area contributed by atoms with Crippen LogP contribution in [0.4, 0.5) is 0 Å². The number of aliphatic hydroxyl groups is 4. The molecule has 13 heteroatoms. The topological polar surface area (TPSA) is 180 Å². The molecule has 13 nitrogen and oxygen atoms in total. The van der Waals surface area contributed by atoms with Crippen LogP contribution in [0.2, 0.25) is 0 Å². The number of allylic oxidation sites excluding steroid dienone is 2. The monoisotopic (exact) mass is 612 g/mol. The van der Waals surface area contributed by atoms with Crippen molar-refractivity contribution in [3.05, 3.63) is 11.8 Å². The molecule has 6 aliphatic rings. The summed E-state index contributed by atoms with van der Waals surface area (Å²) in [6.45, 7) is 8.61. The first-order chi connectivity index (χ1) is 20.2. The molecule has 0 aromatic heterocycles. The lowest BCUT2D eigenvalue weighted by Gasteiger charge is -2.70. The second-order valence-corrected chi connectivity index (χ2v) is 13.7. The Labute approximate surface area is 250 Å². The maximum atomic E-state index is 14.2. The lowest BCUT2D eigenvalue weighted by molar-refractivity contribution is -0.386. The molecule has 7 unspecified atom stereocenters. The summed E-state index contributed by atoms with van der Waals surface area (Å²) in [5.74, 6) is -1.37. The second kappa shape index (κ2) is 10.7. The predicted molar refractivity (Wildman–Crippen MR) is 143 cm³/mol. The summed E-state index contributed by atoms with van der Waals surface area (Å²) in [4.78, 5) is 26.8. The van der Waals surface area contributed by atoms with Gasteiger partial charge < -0.3 is 53.6 Å². The van der Waals surface area contributed by atoms with E-state index in [4.69, 9.17) is 33.2 Å². The van der Waals surface area contributed by atoms with Crippen molar-refractivity contribution >= 4 is 11.8 Å². The normalized spacial score (nSPS) is 54.1. The van der Waals surface area contributed by atoms with Crippen LogP contribution in [0.1, 0.15) is 47.5 Å². The van der Waals surface area contributed by atoms with Crippen LogP contribution in [0.15, 0.2) is 11.8 Å². The highest BCUT2D eigenvalue weighted by Gasteiger charge is 2.78. The molecule has 43 heavy (non-hydrogen) atoms. The summed E-state index contributed by atoms with van der Waals surface area (Å²) in [6.07, 6.45) is -7.63. The molecule has 3 heterocycles. The molecule has 0 spiro atoms. The SMILES string of the molecule is COC1=CC(C)C2C[C@H]3OC(O[C@@H]4O[C@H](CO)C(O)[C@H](O)C4O)C[C@H]4[C@](C)(OC(C)=O)[C@@H]5OCOC5C([C@@]2(C)C1=O)[C@@]34C. The highest BCUT2D eigenvalue weighted by molar-refractivity contribution is 5.99. The van der Waals surface area contributed by atoms with E-state index >= 15 is 0 Å². The zero-order valence-electron chi connectivity index (χ0n) is 25.4. The van der Waals surface area contributed by atoms with E-state index in [2.05, 4.69) is 13.8 Å². The number of hydrogen-bond acceptors (Lipinski definition) is 13. The standard InChI is InChI=1S/C30H44O13/c1-12-7-15(37-6)25(36)28(3)14(12)8-18-29(4)17(30(5,43-13(2)32)26-23(24(28)29)38-11-39-26)9-19(41-18)42-27-22(35)21(34)20(33)16(10-31)40-27/h7,12,14,16-24,26-27,31,33-35H,8-11H2,1-6H3/t12?,14?,16-,17-,18-,19?,20?,21+,22?,23?,24?,26-,27+,28+,29-,30+/m1/s1. The van der Waals surface area contributed by atoms with Crippen LogP contribution < -0.4 is 0 Å². The van der Waals surface area contributed by atoms with Crippen LogP contribution in [0, 0.1) is 34.5 Å². The number of Topliss-reactive ketones (excluding diaryl/α,β-unsaturated/α-hetero) is 1. The first-order valence-corrected chi connectivity index (χ1v) is 15.1. The molecule has 0 aromatic rings. The Balaban J connectivity index is 1.43. The maximum absolute atomic E-state index is 14.2. The summed E-state index contributed by atoms with van der Waals surface area (Å²) in [7, 11) is 1.50. The van der Waals surface area contributed by atoms with E-state index in [9.17, 15) is 30.0 Å². The molecule has 0 radical (unpaired) electrons. The van der Waals surface area contributed by atoms with Crippen molar-refractivity contribution in [3.63, 3.8) is 0 Å². The molecule has 0 amide bonds. The Morgan fingerprint density at radius 3 is 2.44 bits per heavy atom. The van der Waals surface area contributed by atoms with Crippen molar-refractivity contribution in [2.75, 3.05) is 20.5 Å². The van der Waals surface area contributed by atoms with Gasteiger partial charge in [0, 0.05) is 36.0 Å². The predicted octanol–water partition coefficient (Wildman–Crippen LogP) is 0.00880. The summed E-state index contributed by atoms with van der Waals surface area (Å²) < 4.78 is 42.6. The molecule has 2 saturated carbocycles. The number of rotatable bonds is 5. The van der Waals surface area contributed by atoms with Crippen molar-refractivity contribution in [2.45, 2.75) is 108 Å². The van der Waals surface area contributed by atoms with E-state index in [1.165, 1.54) is 14.0 Å². The van der Waals surface area contributed by atoms with Gasteiger partial charge in [-0.1, -0.05) is 20.8 Å². The number of fused-ring (bicyclic) bond motifs is 4. The van der Waals surface area contributed by atoms with Gasteiger partial charge in [0.2, 0.25) is 5.78 Å². The van der Waals surface area contributed by atoms with E-state index in [1.54, 1.807) is 0 Å². The highest BCUT2D eigenvalue weighted by atomic mass is 16.8. The van der Waals surface area contributed by atoms with Crippen molar-refractivity contribution in [1.29, 1.82) is 0 Å². The number of ketones is 1. The number of carbonyl (C=O) groups excluding carboxylic acids is 2. The third kappa shape index (κ3) is 4.30. The Kier molecular flexibility index (Phi) is 7.79. The van der Waals surface area contributed by atoms with Crippen LogP contribution in [-0.4, -0.2) is 114 Å². The van der Waals surface area contributed by atoms with E-state index in [1.807, 2.05) is 19.9 Å². The second-order valence-electron chi connectivity index (χ2n) is 13.7. The lowest BCUT2D eigenvalue weighted by atomic mass is 9.37. The van der Waals surface area contributed by atoms with Gasteiger partial charge in [-0.25, -0.2) is 0 Å². The number of methoxy groups -OCH3 is 1. The fourth-order valence-electron chi connectivity index (χ4n) is 9.80. The third-order valence-electron chi connectivity index (χ3n) is 11.6. The minimum Gasteiger partial charge on any atom is -0.493 e. The van der Waals surface area contributed by atoms with Gasteiger partial charge in [0.15, 0.2) is 18.3 Å². The van der Waals surface area contributed by atoms with Crippen LogP contribution in [0.3, 0.4) is 0 Å². The smallest absolute Gasteiger partial charge is 0.303 e. The van der Waals surface area contributed by atoms with Crippen molar-refractivity contribution in [2.24, 2.45) is 34.5 Å². The van der Waals surface area contributed by atoms with Crippen molar-refractivity contribution in [3.8, 4) is 0 Å². The number of aliphatic hydroxyl groups excluding tert-OH is 4. The van der Waals surface area contributed by atoms with Gasteiger partial charge in [-0.2, -0.15) is 0 Å². The maximum Gasteiger partial charge on any atom is 0.303 e. The number of hydrogen-bond donors (Lipinski definition) is 4.